The molecule has 0 aliphatic carbocycles. The lowest BCUT2D eigenvalue weighted by atomic mass is 10.0. The summed E-state index contributed by atoms with van der Waals surface area (Å²) in [5, 5.41) is 0. The van der Waals surface area contributed by atoms with Gasteiger partial charge in [0.15, 0.2) is 0 Å². The summed E-state index contributed by atoms with van der Waals surface area (Å²) in [5.74, 6) is 0. The van der Waals surface area contributed by atoms with Crippen molar-refractivity contribution in [1.29, 1.82) is 0 Å². The Kier molecular flexibility index (Phi) is 2.35. The van der Waals surface area contributed by atoms with Gasteiger partial charge >= 0.3 is 0 Å². The zero-order valence-electron chi connectivity index (χ0n) is 7.80. The number of hydrogen-bond donors (Lipinski definition) is 0. The van der Waals surface area contributed by atoms with E-state index in [2.05, 4.69) is 4.90 Å². The third-order valence-electron chi connectivity index (χ3n) is 3.46. The van der Waals surface area contributed by atoms with E-state index in [1.807, 2.05) is 6.92 Å². The molecule has 2 aliphatic heterocycles. The lowest BCUT2D eigenvalue weighted by Gasteiger charge is -2.22. The highest BCUT2D eigenvalue weighted by Crippen LogP contribution is 2.37. The highest BCUT2D eigenvalue weighted by Gasteiger charge is 2.39. The van der Waals surface area contributed by atoms with Gasteiger partial charge in [-0.1, -0.05) is 6.92 Å². The first-order valence-electron chi connectivity index (χ1n) is 5.21. The Morgan fingerprint density at radius 2 is 1.75 bits per heavy atom. The average Bonchev–Trinajstić information content (AvgIpc) is 2.65. The fraction of sp³-hybridized carbons (Fsp3) is 1.00. The van der Waals surface area contributed by atoms with E-state index in [0.29, 0.717) is 13.0 Å². The van der Waals surface area contributed by atoms with E-state index in [0.717, 1.165) is 12.1 Å². The van der Waals surface area contributed by atoms with Crippen LogP contribution >= 0.6 is 0 Å². The molecular formula is C10H18FN. The van der Waals surface area contributed by atoms with E-state index in [9.17, 15) is 4.39 Å². The normalized spacial score (nSPS) is 37.5. The molecule has 1 atom stereocenters. The zero-order valence-corrected chi connectivity index (χ0v) is 7.80. The summed E-state index contributed by atoms with van der Waals surface area (Å²) in [5.41, 5.74) is 0. The van der Waals surface area contributed by atoms with Crippen LogP contribution in [0.5, 0.6) is 0 Å². The SMILES string of the molecule is CCC(F)CN1C2CCC1CC2. The van der Waals surface area contributed by atoms with Crippen molar-refractivity contribution in [3.8, 4) is 0 Å². The molecule has 2 fully saturated rings. The number of halogens is 1. The maximum atomic E-state index is 13.1. The second-order valence-corrected chi connectivity index (χ2v) is 4.16. The van der Waals surface area contributed by atoms with Crippen LogP contribution in [0.3, 0.4) is 0 Å². The van der Waals surface area contributed by atoms with Crippen molar-refractivity contribution in [1.82, 2.24) is 4.90 Å². The molecule has 0 aromatic heterocycles. The maximum Gasteiger partial charge on any atom is 0.112 e. The molecule has 2 bridgehead atoms. The van der Waals surface area contributed by atoms with Crippen LogP contribution in [0, 0.1) is 0 Å². The minimum Gasteiger partial charge on any atom is -0.295 e. The Hall–Kier alpha value is -0.110. The van der Waals surface area contributed by atoms with Gasteiger partial charge in [-0.2, -0.15) is 0 Å². The van der Waals surface area contributed by atoms with Gasteiger partial charge in [0.2, 0.25) is 0 Å². The summed E-state index contributed by atoms with van der Waals surface area (Å²) in [4.78, 5) is 2.41. The molecule has 0 amide bonds. The van der Waals surface area contributed by atoms with E-state index in [-0.39, 0.29) is 0 Å². The molecule has 2 rings (SSSR count). The van der Waals surface area contributed by atoms with Crippen molar-refractivity contribution in [2.24, 2.45) is 0 Å². The lowest BCUT2D eigenvalue weighted by Crippen LogP contribution is -2.34. The second kappa shape index (κ2) is 3.33. The number of rotatable bonds is 3. The molecule has 0 aromatic rings. The van der Waals surface area contributed by atoms with E-state index in [1.54, 1.807) is 0 Å². The maximum absolute atomic E-state index is 13.1. The minimum atomic E-state index is -0.591. The second-order valence-electron chi connectivity index (χ2n) is 4.16. The minimum absolute atomic E-state index is 0.591. The van der Waals surface area contributed by atoms with Gasteiger partial charge in [0.05, 0.1) is 0 Å². The predicted molar refractivity (Wildman–Crippen MR) is 47.9 cm³/mol. The molecule has 2 heteroatoms. The summed E-state index contributed by atoms with van der Waals surface area (Å²) in [7, 11) is 0. The van der Waals surface area contributed by atoms with Gasteiger partial charge in [-0.25, -0.2) is 4.39 Å². The predicted octanol–water partition coefficient (Wildman–Crippen LogP) is 2.36. The number of hydrogen-bond acceptors (Lipinski definition) is 1. The van der Waals surface area contributed by atoms with Crippen LogP contribution in [0.2, 0.25) is 0 Å². The molecule has 0 radical (unpaired) electrons. The van der Waals surface area contributed by atoms with Crippen molar-refractivity contribution in [3.63, 3.8) is 0 Å². The molecule has 0 saturated carbocycles. The Balaban J connectivity index is 1.88. The summed E-state index contributed by atoms with van der Waals surface area (Å²) >= 11 is 0. The Bertz CT molecular complexity index is 140. The fourth-order valence-corrected chi connectivity index (χ4v) is 2.68. The van der Waals surface area contributed by atoms with Crippen molar-refractivity contribution < 1.29 is 4.39 Å². The molecule has 0 aromatic carbocycles. The average molecular weight is 171 g/mol. The van der Waals surface area contributed by atoms with Crippen LogP contribution < -0.4 is 0 Å². The molecule has 2 saturated heterocycles. The molecule has 12 heavy (non-hydrogen) atoms. The van der Waals surface area contributed by atoms with Crippen molar-refractivity contribution in [2.45, 2.75) is 57.3 Å². The topological polar surface area (TPSA) is 3.24 Å². The molecule has 70 valence electrons. The van der Waals surface area contributed by atoms with Crippen molar-refractivity contribution >= 4 is 0 Å². The first-order valence-corrected chi connectivity index (χ1v) is 5.21. The molecule has 2 aliphatic rings. The quantitative estimate of drug-likeness (QED) is 0.630. The van der Waals surface area contributed by atoms with Gasteiger partial charge in [-0.05, 0) is 32.1 Å². The van der Waals surface area contributed by atoms with E-state index < -0.39 is 6.17 Å². The van der Waals surface area contributed by atoms with Gasteiger partial charge in [-0.3, -0.25) is 4.90 Å². The summed E-state index contributed by atoms with van der Waals surface area (Å²) in [6.07, 6.45) is 5.37. The van der Waals surface area contributed by atoms with Crippen LogP contribution in [0.25, 0.3) is 0 Å². The summed E-state index contributed by atoms with van der Waals surface area (Å²) in [6.45, 7) is 2.63. The van der Waals surface area contributed by atoms with Gasteiger partial charge in [0.25, 0.3) is 0 Å². The van der Waals surface area contributed by atoms with Gasteiger partial charge < -0.3 is 0 Å². The number of alkyl halides is 1. The van der Waals surface area contributed by atoms with Crippen LogP contribution in [-0.2, 0) is 0 Å². The first kappa shape index (κ1) is 8.49. The van der Waals surface area contributed by atoms with Crippen LogP contribution in [0.4, 0.5) is 4.39 Å². The monoisotopic (exact) mass is 171 g/mol. The van der Waals surface area contributed by atoms with Crippen LogP contribution in [-0.4, -0.2) is 29.7 Å². The highest BCUT2D eigenvalue weighted by atomic mass is 19.1. The summed E-state index contributed by atoms with van der Waals surface area (Å²) < 4.78 is 13.1. The van der Waals surface area contributed by atoms with Crippen LogP contribution in [0.1, 0.15) is 39.0 Å². The van der Waals surface area contributed by atoms with E-state index in [1.165, 1.54) is 25.7 Å². The van der Waals surface area contributed by atoms with Crippen molar-refractivity contribution in [2.75, 3.05) is 6.54 Å². The van der Waals surface area contributed by atoms with E-state index in [4.69, 9.17) is 0 Å². The van der Waals surface area contributed by atoms with Crippen LogP contribution in [0.15, 0.2) is 0 Å². The smallest absolute Gasteiger partial charge is 0.112 e. The number of fused-ring (bicyclic) bond motifs is 2. The molecule has 1 unspecified atom stereocenters. The van der Waals surface area contributed by atoms with Crippen molar-refractivity contribution in [3.05, 3.63) is 0 Å². The molecule has 1 nitrogen and oxygen atoms in total. The van der Waals surface area contributed by atoms with Gasteiger partial charge in [0.1, 0.15) is 6.17 Å². The van der Waals surface area contributed by atoms with E-state index >= 15 is 0 Å². The standard InChI is InChI=1S/C10H18FN/c1-2-8(11)7-12-9-3-4-10(12)6-5-9/h8-10H,2-7H2,1H3. The first-order chi connectivity index (χ1) is 5.81. The zero-order chi connectivity index (χ0) is 8.55. The largest absolute Gasteiger partial charge is 0.295 e. The molecule has 0 N–H and O–H groups in total. The summed E-state index contributed by atoms with van der Waals surface area (Å²) in [6, 6.07) is 1.47. The fourth-order valence-electron chi connectivity index (χ4n) is 2.68. The molecular weight excluding hydrogens is 153 g/mol. The lowest BCUT2D eigenvalue weighted by molar-refractivity contribution is 0.173. The Morgan fingerprint density at radius 1 is 1.25 bits per heavy atom. The molecule has 2 heterocycles. The third kappa shape index (κ3) is 1.37. The Morgan fingerprint density at radius 3 is 2.17 bits per heavy atom. The molecule has 0 spiro atoms. The number of nitrogens with zero attached hydrogens (tertiary/aromatic N) is 1. The third-order valence-corrected chi connectivity index (χ3v) is 3.46. The highest BCUT2D eigenvalue weighted by molar-refractivity contribution is 4.95. The van der Waals surface area contributed by atoms with Gasteiger partial charge in [0, 0.05) is 18.6 Å². The Labute approximate surface area is 73.9 Å². The van der Waals surface area contributed by atoms with Gasteiger partial charge in [-0.15, -0.1) is 0 Å².